The third-order valence-corrected chi connectivity index (χ3v) is 3.86. The van der Waals surface area contributed by atoms with E-state index in [0.29, 0.717) is 0 Å². The van der Waals surface area contributed by atoms with Gasteiger partial charge in [0.1, 0.15) is 0 Å². The van der Waals surface area contributed by atoms with E-state index >= 15 is 0 Å². The minimum absolute atomic E-state index is 0.0332. The van der Waals surface area contributed by atoms with E-state index in [1.165, 1.54) is 0 Å². The molecule has 0 spiro atoms. The van der Waals surface area contributed by atoms with Crippen molar-refractivity contribution in [3.63, 3.8) is 0 Å². The van der Waals surface area contributed by atoms with Gasteiger partial charge in [0.05, 0.1) is 17.3 Å². The highest BCUT2D eigenvalue weighted by Gasteiger charge is 2.44. The van der Waals surface area contributed by atoms with Crippen molar-refractivity contribution in [2.75, 3.05) is 11.9 Å². The standard InChI is InChI=1S/C13H19N3O/c1-13(7-3-6-11(13)14)12(17)16(2)10-5-4-8-15-9-10/h4-5,8-9,11H,3,6-7,14H2,1-2H3. The van der Waals surface area contributed by atoms with E-state index in [2.05, 4.69) is 4.98 Å². The number of anilines is 1. The molecule has 2 N–H and O–H groups in total. The van der Waals surface area contributed by atoms with Crippen LogP contribution in [0, 0.1) is 5.41 Å². The molecule has 0 aliphatic heterocycles. The number of hydrogen-bond acceptors (Lipinski definition) is 3. The molecule has 17 heavy (non-hydrogen) atoms. The Labute approximate surface area is 102 Å². The molecular weight excluding hydrogens is 214 g/mol. The van der Waals surface area contributed by atoms with E-state index in [1.54, 1.807) is 24.3 Å². The monoisotopic (exact) mass is 233 g/mol. The van der Waals surface area contributed by atoms with Crippen molar-refractivity contribution in [2.45, 2.75) is 32.2 Å². The summed E-state index contributed by atoms with van der Waals surface area (Å²) in [6.07, 6.45) is 6.23. The summed E-state index contributed by atoms with van der Waals surface area (Å²) in [7, 11) is 1.79. The molecule has 1 amide bonds. The molecule has 1 fully saturated rings. The molecule has 0 saturated heterocycles. The van der Waals surface area contributed by atoms with Gasteiger partial charge in [-0.2, -0.15) is 0 Å². The molecule has 2 atom stereocenters. The van der Waals surface area contributed by atoms with Gasteiger partial charge in [-0.1, -0.05) is 6.42 Å². The summed E-state index contributed by atoms with van der Waals surface area (Å²) in [5.41, 5.74) is 6.46. The summed E-state index contributed by atoms with van der Waals surface area (Å²) in [6, 6.07) is 3.68. The summed E-state index contributed by atoms with van der Waals surface area (Å²) >= 11 is 0. The van der Waals surface area contributed by atoms with E-state index in [-0.39, 0.29) is 11.9 Å². The molecule has 1 saturated carbocycles. The number of amides is 1. The molecule has 1 aromatic rings. The van der Waals surface area contributed by atoms with E-state index in [0.717, 1.165) is 24.9 Å². The maximum Gasteiger partial charge on any atom is 0.234 e. The Morgan fingerprint density at radius 1 is 1.65 bits per heavy atom. The van der Waals surface area contributed by atoms with Crippen molar-refractivity contribution in [3.05, 3.63) is 24.5 Å². The lowest BCUT2D eigenvalue weighted by molar-refractivity contribution is -0.127. The normalized spacial score (nSPS) is 28.1. The molecule has 0 aromatic carbocycles. The summed E-state index contributed by atoms with van der Waals surface area (Å²) in [5.74, 6) is 0.0931. The minimum atomic E-state index is -0.426. The molecule has 1 aliphatic rings. The second-order valence-electron chi connectivity index (χ2n) is 4.99. The Kier molecular flexibility index (Phi) is 3.15. The molecule has 0 bridgehead atoms. The number of rotatable bonds is 2. The van der Waals surface area contributed by atoms with Gasteiger partial charge in [0.25, 0.3) is 0 Å². The smallest absolute Gasteiger partial charge is 0.234 e. The zero-order chi connectivity index (χ0) is 12.5. The number of hydrogen-bond donors (Lipinski definition) is 1. The second-order valence-corrected chi connectivity index (χ2v) is 4.99. The lowest BCUT2D eigenvalue weighted by atomic mass is 9.83. The van der Waals surface area contributed by atoms with Crippen LogP contribution in [0.4, 0.5) is 5.69 Å². The van der Waals surface area contributed by atoms with E-state index < -0.39 is 5.41 Å². The number of aromatic nitrogens is 1. The van der Waals surface area contributed by atoms with Crippen LogP contribution in [-0.4, -0.2) is 24.0 Å². The molecule has 92 valence electrons. The Morgan fingerprint density at radius 3 is 2.94 bits per heavy atom. The zero-order valence-corrected chi connectivity index (χ0v) is 10.4. The van der Waals surface area contributed by atoms with Crippen LogP contribution in [0.3, 0.4) is 0 Å². The Balaban J connectivity index is 2.21. The molecule has 4 nitrogen and oxygen atoms in total. The first-order chi connectivity index (χ1) is 8.05. The highest BCUT2D eigenvalue weighted by molar-refractivity contribution is 5.97. The van der Waals surface area contributed by atoms with Gasteiger partial charge in [-0.05, 0) is 31.9 Å². The lowest BCUT2D eigenvalue weighted by Gasteiger charge is -2.32. The topological polar surface area (TPSA) is 59.2 Å². The first kappa shape index (κ1) is 12.0. The van der Waals surface area contributed by atoms with E-state index in [9.17, 15) is 4.79 Å². The summed E-state index contributed by atoms with van der Waals surface area (Å²) < 4.78 is 0. The number of carbonyl (C=O) groups excluding carboxylic acids is 1. The Bertz CT molecular complexity index is 406. The van der Waals surface area contributed by atoms with Gasteiger partial charge < -0.3 is 10.6 Å². The first-order valence-corrected chi connectivity index (χ1v) is 5.99. The van der Waals surface area contributed by atoms with Gasteiger partial charge in [0, 0.05) is 19.3 Å². The van der Waals surface area contributed by atoms with Gasteiger partial charge in [0.15, 0.2) is 0 Å². The van der Waals surface area contributed by atoms with Gasteiger partial charge in [-0.15, -0.1) is 0 Å². The molecule has 1 heterocycles. The van der Waals surface area contributed by atoms with Crippen molar-refractivity contribution >= 4 is 11.6 Å². The van der Waals surface area contributed by atoms with E-state index in [4.69, 9.17) is 5.73 Å². The third kappa shape index (κ3) is 2.05. The number of pyridine rings is 1. The minimum Gasteiger partial charge on any atom is -0.327 e. The predicted octanol–water partition coefficient (Wildman–Crippen LogP) is 1.56. The quantitative estimate of drug-likeness (QED) is 0.843. The second kappa shape index (κ2) is 4.45. The highest BCUT2D eigenvalue weighted by atomic mass is 16.2. The largest absolute Gasteiger partial charge is 0.327 e. The van der Waals surface area contributed by atoms with Crippen LogP contribution in [0.15, 0.2) is 24.5 Å². The maximum absolute atomic E-state index is 12.5. The average molecular weight is 233 g/mol. The van der Waals surface area contributed by atoms with Crippen LogP contribution in [0.5, 0.6) is 0 Å². The molecule has 2 unspecified atom stereocenters. The lowest BCUT2D eigenvalue weighted by Crippen LogP contribution is -2.48. The third-order valence-electron chi connectivity index (χ3n) is 3.86. The van der Waals surface area contributed by atoms with Gasteiger partial charge >= 0.3 is 0 Å². The maximum atomic E-state index is 12.5. The van der Waals surface area contributed by atoms with Crippen molar-refractivity contribution in [2.24, 2.45) is 11.1 Å². The molecule has 0 radical (unpaired) electrons. The van der Waals surface area contributed by atoms with Gasteiger partial charge in [-0.25, -0.2) is 0 Å². The number of nitrogens with zero attached hydrogens (tertiary/aromatic N) is 2. The molecule has 1 aromatic heterocycles. The zero-order valence-electron chi connectivity index (χ0n) is 10.4. The molecular formula is C13H19N3O. The molecule has 1 aliphatic carbocycles. The fourth-order valence-electron chi connectivity index (χ4n) is 2.51. The van der Waals surface area contributed by atoms with Crippen LogP contribution in [-0.2, 0) is 4.79 Å². The summed E-state index contributed by atoms with van der Waals surface area (Å²) in [5, 5.41) is 0. The fourth-order valence-corrected chi connectivity index (χ4v) is 2.51. The predicted molar refractivity (Wildman–Crippen MR) is 67.6 cm³/mol. The molecule has 2 rings (SSSR count). The van der Waals surface area contributed by atoms with Crippen molar-refractivity contribution in [3.8, 4) is 0 Å². The van der Waals surface area contributed by atoms with Crippen LogP contribution in [0.25, 0.3) is 0 Å². The van der Waals surface area contributed by atoms with E-state index in [1.807, 2.05) is 19.1 Å². The van der Waals surface area contributed by atoms with Crippen molar-refractivity contribution in [1.82, 2.24) is 4.98 Å². The average Bonchev–Trinajstić information content (AvgIpc) is 2.70. The first-order valence-electron chi connectivity index (χ1n) is 5.99. The highest BCUT2D eigenvalue weighted by Crippen LogP contribution is 2.38. The Morgan fingerprint density at radius 2 is 2.41 bits per heavy atom. The van der Waals surface area contributed by atoms with Gasteiger partial charge in [-0.3, -0.25) is 9.78 Å². The summed E-state index contributed by atoms with van der Waals surface area (Å²) in [6.45, 7) is 1.97. The molecule has 4 heteroatoms. The van der Waals surface area contributed by atoms with Crippen LogP contribution >= 0.6 is 0 Å². The number of nitrogens with two attached hydrogens (primary N) is 1. The van der Waals surface area contributed by atoms with Gasteiger partial charge in [0.2, 0.25) is 5.91 Å². The van der Waals surface area contributed by atoms with Crippen molar-refractivity contribution < 1.29 is 4.79 Å². The Hall–Kier alpha value is -1.42. The fraction of sp³-hybridized carbons (Fsp3) is 0.538. The van der Waals surface area contributed by atoms with Crippen LogP contribution in [0.2, 0.25) is 0 Å². The SMILES string of the molecule is CN(C(=O)C1(C)CCCC1N)c1cccnc1. The van der Waals surface area contributed by atoms with Crippen LogP contribution in [0.1, 0.15) is 26.2 Å². The number of carbonyl (C=O) groups is 1. The van der Waals surface area contributed by atoms with Crippen molar-refractivity contribution in [1.29, 1.82) is 0 Å². The summed E-state index contributed by atoms with van der Waals surface area (Å²) in [4.78, 5) is 18.2. The van der Waals surface area contributed by atoms with Crippen LogP contribution < -0.4 is 10.6 Å².